The Balaban J connectivity index is 1.53. The topological polar surface area (TPSA) is 9.86 Å². The lowest BCUT2D eigenvalue weighted by Gasteiger charge is -2.12. The summed E-state index contributed by atoms with van der Waals surface area (Å²) in [6.45, 7) is 0. The summed E-state index contributed by atoms with van der Waals surface area (Å²) in [6, 6.07) is 28.5. The van der Waals surface area contributed by atoms with Crippen molar-refractivity contribution in [1.82, 2.24) is 9.13 Å². The Morgan fingerprint density at radius 1 is 0.395 bits per heavy atom. The lowest BCUT2D eigenvalue weighted by atomic mass is 10.1. The Morgan fingerprint density at radius 3 is 1.74 bits per heavy atom. The first-order chi connectivity index (χ1) is 22.2. The molecule has 8 aromatic rings. The van der Waals surface area contributed by atoms with E-state index in [2.05, 4.69) is 0 Å². The van der Waals surface area contributed by atoms with E-state index in [0.717, 1.165) is 32.9 Å². The van der Waals surface area contributed by atoms with Crippen molar-refractivity contribution in [1.29, 1.82) is 0 Å². The van der Waals surface area contributed by atoms with Gasteiger partial charge in [-0.3, -0.25) is 0 Å². The lowest BCUT2D eigenvalue weighted by Crippen LogP contribution is -1.97. The van der Waals surface area contributed by atoms with E-state index in [1.807, 2.05) is 89.5 Å². The molecule has 0 atom stereocenters. The molecule has 0 fully saturated rings. The van der Waals surface area contributed by atoms with E-state index in [1.165, 1.54) is 0 Å². The molecule has 0 radical (unpaired) electrons. The maximum absolute atomic E-state index is 9.69. The Morgan fingerprint density at radius 2 is 1.00 bits per heavy atom. The maximum Gasteiger partial charge on any atom is 0.0667 e. The first-order valence-corrected chi connectivity index (χ1v) is 12.4. The highest BCUT2D eigenvalue weighted by Gasteiger charge is 2.16. The number of hydrogen-bond acceptors (Lipinski definition) is 0. The first kappa shape index (κ1) is 14.6. The van der Waals surface area contributed by atoms with Crippen molar-refractivity contribution < 1.29 is 11.0 Å². The standard InChI is InChI=1S/C36H24N2/c1-2-10-25(11-3-1)26-18-20-27(21-19-26)37-33-15-7-6-14-31(33)32-23-22-28(24-36(32)37)38-34-16-8-4-12-29(34)30-13-5-9-17-35(30)38/h1-24H/i1D,6D,7D,14D,15D,22D,23D,24D. The molecule has 2 heteroatoms. The molecule has 2 aromatic heterocycles. The van der Waals surface area contributed by atoms with Gasteiger partial charge in [0.2, 0.25) is 0 Å². The summed E-state index contributed by atoms with van der Waals surface area (Å²) in [5.74, 6) is 0. The maximum atomic E-state index is 9.69. The van der Waals surface area contributed by atoms with Gasteiger partial charge in [-0.15, -0.1) is 0 Å². The van der Waals surface area contributed by atoms with Gasteiger partial charge in [0.05, 0.1) is 33.0 Å². The molecule has 2 heterocycles. The van der Waals surface area contributed by atoms with Crippen LogP contribution in [0.25, 0.3) is 66.1 Å². The molecular weight excluding hydrogens is 460 g/mol. The van der Waals surface area contributed by atoms with Crippen molar-refractivity contribution in [2.24, 2.45) is 0 Å². The first-order valence-electron chi connectivity index (χ1n) is 16.4. The highest BCUT2D eigenvalue weighted by Crippen LogP contribution is 2.37. The molecule has 0 aliphatic rings. The van der Waals surface area contributed by atoms with Gasteiger partial charge in [0.25, 0.3) is 0 Å². The molecule has 0 bridgehead atoms. The molecule has 0 saturated heterocycles. The Hall–Kier alpha value is -5.08. The number of para-hydroxylation sites is 3. The second kappa shape index (κ2) is 8.22. The molecule has 2 nitrogen and oxygen atoms in total. The summed E-state index contributed by atoms with van der Waals surface area (Å²) in [4.78, 5) is 0. The van der Waals surface area contributed by atoms with E-state index >= 15 is 0 Å². The van der Waals surface area contributed by atoms with Crippen molar-refractivity contribution in [2.45, 2.75) is 0 Å². The summed E-state index contributed by atoms with van der Waals surface area (Å²) in [7, 11) is 0. The predicted octanol–water partition coefficient (Wildman–Crippen LogP) is 9.55. The second-order valence-corrected chi connectivity index (χ2v) is 9.21. The largest absolute Gasteiger partial charge is 0.309 e. The third-order valence-corrected chi connectivity index (χ3v) is 7.13. The van der Waals surface area contributed by atoms with Crippen LogP contribution in [-0.2, 0) is 0 Å². The highest BCUT2D eigenvalue weighted by atomic mass is 15.0. The van der Waals surface area contributed by atoms with Gasteiger partial charge in [-0.2, -0.15) is 0 Å². The minimum absolute atomic E-state index is 0.0642. The van der Waals surface area contributed by atoms with E-state index in [4.69, 9.17) is 6.85 Å². The summed E-state index contributed by atoms with van der Waals surface area (Å²) in [5.41, 5.74) is 4.47. The Bertz CT molecular complexity index is 2490. The molecular formula is C36H24N2. The summed E-state index contributed by atoms with van der Waals surface area (Å²) >= 11 is 0. The fourth-order valence-corrected chi connectivity index (χ4v) is 5.42. The number of benzene rings is 6. The molecule has 0 amide bonds. The summed E-state index contributed by atoms with van der Waals surface area (Å²) < 4.78 is 74.2. The molecule has 178 valence electrons. The van der Waals surface area contributed by atoms with Crippen LogP contribution in [0.3, 0.4) is 0 Å². The SMILES string of the molecule is [2H]c1ccc(-c2ccc(-n3c4c([2H])c([2H])c([2H])c([2H])c4c4c([2H])c([2H])c(-n5c6ccccc6c6ccccc65)c([2H])c43)cc2)cc1. The monoisotopic (exact) mass is 492 g/mol. The zero-order chi connectivity index (χ0) is 32.0. The van der Waals surface area contributed by atoms with Crippen LogP contribution in [0, 0.1) is 0 Å². The van der Waals surface area contributed by atoms with Crippen LogP contribution in [0.4, 0.5) is 0 Å². The van der Waals surface area contributed by atoms with Gasteiger partial charge in [-0.05, 0) is 53.5 Å². The zero-order valence-corrected chi connectivity index (χ0v) is 20.1. The van der Waals surface area contributed by atoms with Gasteiger partial charge in [0, 0.05) is 32.9 Å². The number of nitrogens with zero attached hydrogens (tertiary/aromatic N) is 2. The minimum atomic E-state index is -0.436. The van der Waals surface area contributed by atoms with Crippen molar-refractivity contribution in [3.05, 3.63) is 145 Å². The minimum Gasteiger partial charge on any atom is -0.309 e. The number of aromatic nitrogens is 2. The fraction of sp³-hybridized carbons (Fsp3) is 0. The van der Waals surface area contributed by atoms with Crippen LogP contribution >= 0.6 is 0 Å². The molecule has 6 aromatic carbocycles. The van der Waals surface area contributed by atoms with E-state index in [-0.39, 0.29) is 57.7 Å². The van der Waals surface area contributed by atoms with Crippen molar-refractivity contribution in [2.75, 3.05) is 0 Å². The second-order valence-electron chi connectivity index (χ2n) is 9.21. The molecule has 0 aliphatic carbocycles. The highest BCUT2D eigenvalue weighted by molar-refractivity contribution is 6.12. The van der Waals surface area contributed by atoms with Gasteiger partial charge in [0.1, 0.15) is 0 Å². The number of rotatable bonds is 3. The van der Waals surface area contributed by atoms with Crippen LogP contribution in [-0.4, -0.2) is 9.13 Å². The zero-order valence-electron chi connectivity index (χ0n) is 28.1. The van der Waals surface area contributed by atoms with E-state index in [1.54, 1.807) is 16.7 Å². The van der Waals surface area contributed by atoms with Crippen LogP contribution in [0.2, 0.25) is 0 Å². The van der Waals surface area contributed by atoms with Crippen molar-refractivity contribution >= 4 is 43.6 Å². The van der Waals surface area contributed by atoms with Crippen LogP contribution in [0.5, 0.6) is 0 Å². The van der Waals surface area contributed by atoms with E-state index < -0.39 is 12.1 Å². The fourth-order valence-electron chi connectivity index (χ4n) is 5.42. The van der Waals surface area contributed by atoms with Gasteiger partial charge in [-0.25, -0.2) is 0 Å². The smallest absolute Gasteiger partial charge is 0.0667 e. The van der Waals surface area contributed by atoms with Crippen LogP contribution < -0.4 is 0 Å². The molecule has 0 N–H and O–H groups in total. The normalized spacial score (nSPS) is 14.6. The van der Waals surface area contributed by atoms with Crippen molar-refractivity contribution in [3.63, 3.8) is 0 Å². The summed E-state index contributed by atoms with van der Waals surface area (Å²) in [5, 5.41) is 2.13. The van der Waals surface area contributed by atoms with Crippen molar-refractivity contribution in [3.8, 4) is 22.5 Å². The average molecular weight is 493 g/mol. The molecule has 0 aliphatic heterocycles. The summed E-state index contributed by atoms with van der Waals surface area (Å²) in [6.07, 6.45) is 0. The van der Waals surface area contributed by atoms with Gasteiger partial charge < -0.3 is 9.13 Å². The number of fused-ring (bicyclic) bond motifs is 6. The van der Waals surface area contributed by atoms with Crippen LogP contribution in [0.15, 0.2) is 145 Å². The molecule has 8 rings (SSSR count). The third kappa shape index (κ3) is 3.07. The Kier molecular flexibility index (Phi) is 3.16. The van der Waals surface area contributed by atoms with Gasteiger partial charge >= 0.3 is 0 Å². The molecule has 0 saturated carbocycles. The average Bonchev–Trinajstić information content (AvgIpc) is 3.61. The third-order valence-electron chi connectivity index (χ3n) is 7.13. The molecule has 38 heavy (non-hydrogen) atoms. The van der Waals surface area contributed by atoms with E-state index in [0.29, 0.717) is 11.7 Å². The predicted molar refractivity (Wildman–Crippen MR) is 161 cm³/mol. The number of hydrogen-bond donors (Lipinski definition) is 0. The molecule has 0 spiro atoms. The van der Waals surface area contributed by atoms with Crippen LogP contribution in [0.1, 0.15) is 11.0 Å². The molecule has 0 unspecified atom stereocenters. The van der Waals surface area contributed by atoms with Gasteiger partial charge in [0.15, 0.2) is 0 Å². The quantitative estimate of drug-likeness (QED) is 0.232. The van der Waals surface area contributed by atoms with E-state index in [9.17, 15) is 4.11 Å². The Labute approximate surface area is 231 Å². The van der Waals surface area contributed by atoms with Gasteiger partial charge in [-0.1, -0.05) is 103 Å². The lowest BCUT2D eigenvalue weighted by molar-refractivity contribution is 1.15.